The molecule has 0 aromatic heterocycles. The van der Waals surface area contributed by atoms with Crippen LogP contribution in [0, 0.1) is 0 Å². The Hall–Kier alpha value is -3.38. The molecule has 0 fully saturated rings. The number of benzene rings is 3. The number of nitrogens with zero attached hydrogens (tertiary/aromatic N) is 1. The van der Waals surface area contributed by atoms with E-state index in [1.807, 2.05) is 80.7 Å². The molecule has 0 bridgehead atoms. The van der Waals surface area contributed by atoms with Crippen molar-refractivity contribution in [2.24, 2.45) is 0 Å². The Kier molecular flexibility index (Phi) is 5.91. The number of esters is 1. The number of carbonyl (C=O) groups is 1. The number of ether oxygens (including phenoxy) is 2. The fraction of sp³-hybridized carbons (Fsp3) is 0.200. The van der Waals surface area contributed by atoms with Gasteiger partial charge < -0.3 is 19.7 Å². The van der Waals surface area contributed by atoms with Gasteiger partial charge in [0.15, 0.2) is 5.11 Å². The second-order valence-electron chi connectivity index (χ2n) is 7.40. The number of carbonyl (C=O) groups excluding carboxylic acids is 1. The van der Waals surface area contributed by atoms with Crippen LogP contribution in [0.5, 0.6) is 5.75 Å². The summed E-state index contributed by atoms with van der Waals surface area (Å²) in [5.74, 6) is 0.299. The van der Waals surface area contributed by atoms with Crippen LogP contribution in [-0.4, -0.2) is 30.1 Å². The third-order valence-electron chi connectivity index (χ3n) is 5.62. The maximum absolute atomic E-state index is 12.8. The third kappa shape index (κ3) is 3.99. The Labute approximate surface area is 187 Å². The first-order valence-corrected chi connectivity index (χ1v) is 10.4. The van der Waals surface area contributed by atoms with E-state index in [1.54, 1.807) is 4.90 Å². The zero-order valence-electron chi connectivity index (χ0n) is 17.7. The van der Waals surface area contributed by atoms with E-state index in [2.05, 4.69) is 5.32 Å². The maximum Gasteiger partial charge on any atom is 0.337 e. The molecule has 1 heterocycles. The maximum atomic E-state index is 12.8. The largest absolute Gasteiger partial charge is 0.489 e. The van der Waals surface area contributed by atoms with Crippen molar-refractivity contribution < 1.29 is 14.3 Å². The highest BCUT2D eigenvalue weighted by molar-refractivity contribution is 7.80. The van der Waals surface area contributed by atoms with Gasteiger partial charge in [0.05, 0.1) is 18.7 Å². The monoisotopic (exact) mass is 432 g/mol. The van der Waals surface area contributed by atoms with E-state index in [4.69, 9.17) is 21.7 Å². The molecule has 4 rings (SSSR count). The Bertz CT molecular complexity index is 1170. The van der Waals surface area contributed by atoms with Crippen LogP contribution in [0.4, 0.5) is 0 Å². The van der Waals surface area contributed by atoms with E-state index in [0.29, 0.717) is 23.0 Å². The Morgan fingerprint density at radius 3 is 2.52 bits per heavy atom. The summed E-state index contributed by atoms with van der Waals surface area (Å²) in [4.78, 5) is 14.6. The Balaban J connectivity index is 1.87. The van der Waals surface area contributed by atoms with Gasteiger partial charge in [0.25, 0.3) is 0 Å². The van der Waals surface area contributed by atoms with Gasteiger partial charge in [0.1, 0.15) is 12.4 Å². The number of allylic oxidation sites excluding steroid dienone is 1. The first kappa shape index (κ1) is 20.9. The van der Waals surface area contributed by atoms with Gasteiger partial charge in [0, 0.05) is 18.3 Å². The zero-order chi connectivity index (χ0) is 22.0. The summed E-state index contributed by atoms with van der Waals surface area (Å²) in [6.45, 7) is 2.29. The molecule has 0 spiro atoms. The summed E-state index contributed by atoms with van der Waals surface area (Å²) < 4.78 is 11.4. The quantitative estimate of drug-likeness (QED) is 0.465. The van der Waals surface area contributed by atoms with Crippen LogP contribution in [-0.2, 0) is 16.1 Å². The van der Waals surface area contributed by atoms with Gasteiger partial charge in [-0.3, -0.25) is 0 Å². The highest BCUT2D eigenvalue weighted by atomic mass is 32.1. The molecule has 3 aromatic carbocycles. The highest BCUT2D eigenvalue weighted by Gasteiger charge is 2.35. The van der Waals surface area contributed by atoms with Crippen LogP contribution in [0.15, 0.2) is 78.0 Å². The molecule has 1 unspecified atom stereocenters. The fourth-order valence-corrected chi connectivity index (χ4v) is 4.12. The summed E-state index contributed by atoms with van der Waals surface area (Å²) in [6.07, 6.45) is 0. The minimum absolute atomic E-state index is 0.397. The van der Waals surface area contributed by atoms with Crippen molar-refractivity contribution in [3.8, 4) is 5.75 Å². The lowest BCUT2D eigenvalue weighted by Crippen LogP contribution is -2.46. The molecule has 1 N–H and O–H groups in total. The minimum Gasteiger partial charge on any atom is -0.489 e. The number of hydrogen-bond donors (Lipinski definition) is 1. The molecular weight excluding hydrogens is 408 g/mol. The number of thiocarbonyl (C=S) groups is 1. The molecule has 5 nitrogen and oxygen atoms in total. The second-order valence-corrected chi connectivity index (χ2v) is 7.79. The molecule has 31 heavy (non-hydrogen) atoms. The summed E-state index contributed by atoms with van der Waals surface area (Å²) in [5.41, 5.74) is 3.19. The van der Waals surface area contributed by atoms with E-state index in [1.165, 1.54) is 7.11 Å². The molecule has 0 saturated heterocycles. The predicted octanol–water partition coefficient (Wildman–Crippen LogP) is 4.73. The lowest BCUT2D eigenvalue weighted by molar-refractivity contribution is -0.136. The Morgan fingerprint density at radius 2 is 1.77 bits per heavy atom. The standard InChI is InChI=1S/C25H24N2O3S/c1-16-21(24(28)29-3)23(26-25(31)27(16)2)22-19-12-8-7-11-18(19)13-14-20(22)30-15-17-9-5-4-6-10-17/h4-14,23H,15H2,1-3H3,(H,26,31). The van der Waals surface area contributed by atoms with Crippen LogP contribution in [0.25, 0.3) is 10.8 Å². The van der Waals surface area contributed by atoms with Gasteiger partial charge >= 0.3 is 5.97 Å². The van der Waals surface area contributed by atoms with Crippen molar-refractivity contribution in [2.45, 2.75) is 19.6 Å². The number of nitrogens with one attached hydrogen (secondary N) is 1. The van der Waals surface area contributed by atoms with E-state index in [0.717, 1.165) is 27.6 Å². The van der Waals surface area contributed by atoms with Gasteiger partial charge in [-0.25, -0.2) is 4.79 Å². The van der Waals surface area contributed by atoms with Gasteiger partial charge in [0.2, 0.25) is 0 Å². The van der Waals surface area contributed by atoms with Crippen molar-refractivity contribution in [3.05, 3.63) is 89.1 Å². The highest BCUT2D eigenvalue weighted by Crippen LogP contribution is 2.40. The molecule has 3 aromatic rings. The number of rotatable bonds is 5. The Morgan fingerprint density at radius 1 is 1.06 bits per heavy atom. The fourth-order valence-electron chi connectivity index (χ4n) is 3.86. The molecule has 158 valence electrons. The summed E-state index contributed by atoms with van der Waals surface area (Å²) in [6, 6.07) is 21.5. The first-order valence-electron chi connectivity index (χ1n) is 10.0. The first-order chi connectivity index (χ1) is 15.0. The van der Waals surface area contributed by atoms with E-state index in [-0.39, 0.29) is 0 Å². The minimum atomic E-state index is -0.493. The molecule has 1 atom stereocenters. The van der Waals surface area contributed by atoms with Crippen LogP contribution < -0.4 is 10.1 Å². The van der Waals surface area contributed by atoms with Crippen molar-refractivity contribution >= 4 is 34.1 Å². The third-order valence-corrected chi connectivity index (χ3v) is 6.01. The summed E-state index contributed by atoms with van der Waals surface area (Å²) >= 11 is 5.55. The van der Waals surface area contributed by atoms with Gasteiger partial charge in [-0.2, -0.15) is 0 Å². The van der Waals surface area contributed by atoms with Crippen molar-refractivity contribution in [1.29, 1.82) is 0 Å². The van der Waals surface area contributed by atoms with Crippen LogP contribution >= 0.6 is 12.2 Å². The number of methoxy groups -OCH3 is 1. The van der Waals surface area contributed by atoms with Crippen molar-refractivity contribution in [3.63, 3.8) is 0 Å². The summed E-state index contributed by atoms with van der Waals surface area (Å²) in [5, 5.41) is 5.91. The molecule has 0 amide bonds. The normalized spacial score (nSPS) is 16.3. The van der Waals surface area contributed by atoms with Gasteiger partial charge in [-0.1, -0.05) is 60.7 Å². The molecule has 6 heteroatoms. The van der Waals surface area contributed by atoms with Crippen LogP contribution in [0.1, 0.15) is 24.1 Å². The molecule has 0 saturated carbocycles. The van der Waals surface area contributed by atoms with Gasteiger partial charge in [-0.05, 0) is 41.5 Å². The average molecular weight is 433 g/mol. The molecular formula is C25H24N2O3S. The lowest BCUT2D eigenvalue weighted by atomic mass is 9.90. The molecule has 0 aliphatic carbocycles. The van der Waals surface area contributed by atoms with E-state index >= 15 is 0 Å². The summed E-state index contributed by atoms with van der Waals surface area (Å²) in [7, 11) is 3.22. The van der Waals surface area contributed by atoms with Crippen LogP contribution in [0.2, 0.25) is 0 Å². The smallest absolute Gasteiger partial charge is 0.337 e. The van der Waals surface area contributed by atoms with Crippen molar-refractivity contribution in [1.82, 2.24) is 10.2 Å². The number of fused-ring (bicyclic) bond motifs is 1. The van der Waals surface area contributed by atoms with E-state index in [9.17, 15) is 4.79 Å². The molecule has 1 aliphatic rings. The average Bonchev–Trinajstić information content (AvgIpc) is 2.80. The topological polar surface area (TPSA) is 50.8 Å². The molecule has 0 radical (unpaired) electrons. The SMILES string of the molecule is COC(=O)C1=C(C)N(C)C(=S)NC1c1c(OCc2ccccc2)ccc2ccccc12. The number of hydrogen-bond acceptors (Lipinski definition) is 4. The lowest BCUT2D eigenvalue weighted by Gasteiger charge is -2.36. The predicted molar refractivity (Wildman–Crippen MR) is 126 cm³/mol. The second kappa shape index (κ2) is 8.78. The van der Waals surface area contributed by atoms with E-state index < -0.39 is 12.0 Å². The van der Waals surface area contributed by atoms with Gasteiger partial charge in [-0.15, -0.1) is 0 Å². The van der Waals surface area contributed by atoms with Crippen molar-refractivity contribution in [2.75, 3.05) is 14.2 Å². The molecule has 1 aliphatic heterocycles. The zero-order valence-corrected chi connectivity index (χ0v) is 18.5. The van der Waals surface area contributed by atoms with Crippen LogP contribution in [0.3, 0.4) is 0 Å².